The van der Waals surface area contributed by atoms with E-state index in [1.807, 2.05) is 10.3 Å². The van der Waals surface area contributed by atoms with Gasteiger partial charge in [0, 0.05) is 56.8 Å². The van der Waals surface area contributed by atoms with E-state index >= 15 is 0 Å². The molecule has 2 fully saturated rings. The van der Waals surface area contributed by atoms with Crippen molar-refractivity contribution in [3.63, 3.8) is 0 Å². The van der Waals surface area contributed by atoms with Gasteiger partial charge < -0.3 is 9.64 Å². The Kier molecular flexibility index (Phi) is 6.92. The topological polar surface area (TPSA) is 83.1 Å². The minimum absolute atomic E-state index is 0.116. The zero-order valence-corrected chi connectivity index (χ0v) is 20.0. The van der Waals surface area contributed by atoms with Gasteiger partial charge in [-0.15, -0.1) is 0 Å². The molecule has 0 atom stereocenters. The van der Waals surface area contributed by atoms with Crippen LogP contribution in [0.2, 0.25) is 0 Å². The lowest BCUT2D eigenvalue weighted by Gasteiger charge is -2.41. The first-order chi connectivity index (χ1) is 16.6. The van der Waals surface area contributed by atoms with Crippen LogP contribution in [-0.4, -0.2) is 82.3 Å². The van der Waals surface area contributed by atoms with Gasteiger partial charge in [-0.1, -0.05) is 23.5 Å². The largest absolute Gasteiger partial charge is 0.467 e. The van der Waals surface area contributed by atoms with Gasteiger partial charge in [0.25, 0.3) is 17.0 Å². The highest BCUT2D eigenvalue weighted by Crippen LogP contribution is 2.26. The number of carbonyl (C=O) groups is 3. The molecule has 1 aromatic carbocycles. The summed E-state index contributed by atoms with van der Waals surface area (Å²) in [4.78, 5) is 47.6. The Morgan fingerprint density at radius 3 is 2.29 bits per heavy atom. The Labute approximate surface area is 203 Å². The second-order valence-electron chi connectivity index (χ2n) is 9.17. The maximum absolute atomic E-state index is 12.7. The van der Waals surface area contributed by atoms with Gasteiger partial charge in [0.1, 0.15) is 6.10 Å². The quantitative estimate of drug-likeness (QED) is 0.564. The fourth-order valence-electron chi connectivity index (χ4n) is 5.24. The molecule has 180 valence electrons. The standard InChI is InChI=1S/C25H30N4O4S/c30-22(6-3-12-29-23(31)20-4-1-2-5-21(20)24(29)32)28-13-7-18(8-14-28)27-15-9-19(10-16-27)33-25-26-11-17-34-25/h1-2,4-5,11,17-19H,3,6-10,12-16H2. The van der Waals surface area contributed by atoms with Crippen LogP contribution in [0.5, 0.6) is 5.19 Å². The summed E-state index contributed by atoms with van der Waals surface area (Å²) in [5.74, 6) is -0.394. The van der Waals surface area contributed by atoms with Crippen LogP contribution in [0, 0.1) is 0 Å². The molecule has 0 radical (unpaired) electrons. The van der Waals surface area contributed by atoms with Gasteiger partial charge in [0.05, 0.1) is 11.1 Å². The molecule has 8 nitrogen and oxygen atoms in total. The van der Waals surface area contributed by atoms with Crippen LogP contribution in [0.3, 0.4) is 0 Å². The third-order valence-corrected chi connectivity index (χ3v) is 7.80. The Morgan fingerprint density at radius 1 is 1.00 bits per heavy atom. The van der Waals surface area contributed by atoms with E-state index in [0.29, 0.717) is 30.0 Å². The predicted molar refractivity (Wildman–Crippen MR) is 128 cm³/mol. The fourth-order valence-corrected chi connectivity index (χ4v) is 5.79. The summed E-state index contributed by atoms with van der Waals surface area (Å²) in [5, 5.41) is 2.69. The number of rotatable bonds is 7. The first kappa shape index (κ1) is 23.0. The van der Waals surface area contributed by atoms with Gasteiger partial charge in [0.15, 0.2) is 0 Å². The summed E-state index contributed by atoms with van der Waals surface area (Å²) < 4.78 is 5.97. The molecule has 4 heterocycles. The van der Waals surface area contributed by atoms with E-state index in [1.54, 1.807) is 30.5 Å². The van der Waals surface area contributed by atoms with E-state index in [2.05, 4.69) is 9.88 Å². The van der Waals surface area contributed by atoms with E-state index in [-0.39, 0.29) is 30.4 Å². The summed E-state index contributed by atoms with van der Waals surface area (Å²) >= 11 is 1.54. The SMILES string of the molecule is O=C(CCCN1C(=O)c2ccccc2C1=O)N1CCC(N2CCC(Oc3nccs3)CC2)CC1. The Balaban J connectivity index is 1.02. The second-order valence-corrected chi connectivity index (χ2v) is 10.0. The van der Waals surface area contributed by atoms with Gasteiger partial charge in [0.2, 0.25) is 5.91 Å². The van der Waals surface area contributed by atoms with Crippen molar-refractivity contribution in [1.29, 1.82) is 0 Å². The third-order valence-electron chi connectivity index (χ3n) is 7.14. The van der Waals surface area contributed by atoms with Crippen molar-refractivity contribution in [2.75, 3.05) is 32.7 Å². The summed E-state index contributed by atoms with van der Waals surface area (Å²) in [7, 11) is 0. The van der Waals surface area contributed by atoms with Crippen LogP contribution >= 0.6 is 11.3 Å². The lowest BCUT2D eigenvalue weighted by atomic mass is 9.98. The van der Waals surface area contributed by atoms with Gasteiger partial charge in [-0.2, -0.15) is 0 Å². The van der Waals surface area contributed by atoms with E-state index in [0.717, 1.165) is 57.1 Å². The molecule has 3 amide bonds. The first-order valence-electron chi connectivity index (χ1n) is 12.1. The van der Waals surface area contributed by atoms with E-state index in [1.165, 1.54) is 16.2 Å². The number of hydrogen-bond acceptors (Lipinski definition) is 7. The summed E-state index contributed by atoms with van der Waals surface area (Å²) in [5.41, 5.74) is 0.916. The molecule has 0 unspecified atom stereocenters. The minimum Gasteiger partial charge on any atom is -0.467 e. The maximum atomic E-state index is 12.7. The number of nitrogens with zero attached hydrogens (tertiary/aromatic N) is 4. The molecule has 0 bridgehead atoms. The molecule has 34 heavy (non-hydrogen) atoms. The zero-order valence-electron chi connectivity index (χ0n) is 19.2. The summed E-state index contributed by atoms with van der Waals surface area (Å²) in [6.07, 6.45) is 6.87. The smallest absolute Gasteiger partial charge is 0.273 e. The zero-order chi connectivity index (χ0) is 23.5. The van der Waals surface area contributed by atoms with Gasteiger partial charge in [-0.3, -0.25) is 24.2 Å². The number of hydrogen-bond donors (Lipinski definition) is 0. The number of fused-ring (bicyclic) bond motifs is 1. The van der Waals surface area contributed by atoms with Gasteiger partial charge in [-0.05, 0) is 44.2 Å². The average Bonchev–Trinajstić information content (AvgIpc) is 3.47. The summed E-state index contributed by atoms with van der Waals surface area (Å²) in [6.45, 7) is 3.87. The molecule has 3 aliphatic heterocycles. The predicted octanol–water partition coefficient (Wildman–Crippen LogP) is 3.05. The number of thiazole rings is 1. The normalized spacial score (nSPS) is 20.1. The van der Waals surface area contributed by atoms with Crippen molar-refractivity contribution in [1.82, 2.24) is 19.7 Å². The lowest BCUT2D eigenvalue weighted by Crippen LogP contribution is -2.50. The Bertz CT molecular complexity index is 992. The number of amides is 3. The molecular weight excluding hydrogens is 452 g/mol. The van der Waals surface area contributed by atoms with Gasteiger partial charge >= 0.3 is 0 Å². The lowest BCUT2D eigenvalue weighted by molar-refractivity contribution is -0.133. The molecular formula is C25H30N4O4S. The van der Waals surface area contributed by atoms with Crippen LogP contribution in [0.1, 0.15) is 59.2 Å². The maximum Gasteiger partial charge on any atom is 0.273 e. The number of imide groups is 1. The van der Waals surface area contributed by atoms with Crippen LogP contribution in [-0.2, 0) is 4.79 Å². The van der Waals surface area contributed by atoms with Crippen molar-refractivity contribution in [3.8, 4) is 5.19 Å². The monoisotopic (exact) mass is 482 g/mol. The van der Waals surface area contributed by atoms with E-state index in [4.69, 9.17) is 4.74 Å². The van der Waals surface area contributed by atoms with Gasteiger partial charge in [-0.25, -0.2) is 4.98 Å². The molecule has 1 aromatic heterocycles. The average molecular weight is 483 g/mol. The first-order valence-corrected chi connectivity index (χ1v) is 13.0. The van der Waals surface area contributed by atoms with Crippen molar-refractivity contribution < 1.29 is 19.1 Å². The molecule has 3 aliphatic rings. The number of carbonyl (C=O) groups excluding carboxylic acids is 3. The molecule has 5 rings (SSSR count). The third kappa shape index (κ3) is 4.86. The highest BCUT2D eigenvalue weighted by molar-refractivity contribution is 7.11. The molecule has 2 saturated heterocycles. The molecule has 9 heteroatoms. The molecule has 0 spiro atoms. The highest BCUT2D eigenvalue weighted by Gasteiger charge is 2.35. The minimum atomic E-state index is -0.255. The number of aromatic nitrogens is 1. The summed E-state index contributed by atoms with van der Waals surface area (Å²) in [6, 6.07) is 7.41. The van der Waals surface area contributed by atoms with Crippen molar-refractivity contribution in [2.24, 2.45) is 0 Å². The van der Waals surface area contributed by atoms with Crippen molar-refractivity contribution in [2.45, 2.75) is 50.7 Å². The number of likely N-dealkylation sites (tertiary alicyclic amines) is 2. The van der Waals surface area contributed by atoms with Crippen molar-refractivity contribution in [3.05, 3.63) is 47.0 Å². The highest BCUT2D eigenvalue weighted by atomic mass is 32.1. The Hall–Kier alpha value is -2.78. The molecule has 2 aromatic rings. The number of ether oxygens (including phenoxy) is 1. The number of benzene rings is 1. The van der Waals surface area contributed by atoms with Crippen LogP contribution in [0.25, 0.3) is 0 Å². The molecule has 0 aliphatic carbocycles. The van der Waals surface area contributed by atoms with Crippen LogP contribution in [0.4, 0.5) is 0 Å². The fraction of sp³-hybridized carbons (Fsp3) is 0.520. The second kappa shape index (κ2) is 10.2. The number of piperidine rings is 2. The van der Waals surface area contributed by atoms with E-state index in [9.17, 15) is 14.4 Å². The molecule has 0 saturated carbocycles. The van der Waals surface area contributed by atoms with Crippen LogP contribution < -0.4 is 4.74 Å². The Morgan fingerprint density at radius 2 is 1.68 bits per heavy atom. The van der Waals surface area contributed by atoms with Crippen LogP contribution in [0.15, 0.2) is 35.8 Å². The molecule has 0 N–H and O–H groups in total. The van der Waals surface area contributed by atoms with Crippen molar-refractivity contribution >= 4 is 29.1 Å². The van der Waals surface area contributed by atoms with E-state index < -0.39 is 0 Å².